The van der Waals surface area contributed by atoms with E-state index in [1.165, 1.54) is 6.42 Å². The van der Waals surface area contributed by atoms with E-state index in [4.69, 9.17) is 5.73 Å². The summed E-state index contributed by atoms with van der Waals surface area (Å²) in [5.41, 5.74) is 8.93. The Hall–Kier alpha value is -1.23. The van der Waals surface area contributed by atoms with Crippen LogP contribution in [0.4, 0.5) is 5.82 Å². The summed E-state index contributed by atoms with van der Waals surface area (Å²) in [7, 11) is 0. The van der Waals surface area contributed by atoms with Crippen LogP contribution in [0.5, 0.6) is 0 Å². The number of thioether (sulfide) groups is 1. The van der Waals surface area contributed by atoms with Gasteiger partial charge in [-0.25, -0.2) is 9.97 Å². The molecule has 0 bridgehead atoms. The molecular weight excluding hydrogens is 244 g/mol. The molecule has 0 radical (unpaired) electrons. The van der Waals surface area contributed by atoms with Crippen molar-refractivity contribution < 1.29 is 0 Å². The Balaban J connectivity index is 2.17. The third-order valence-electron chi connectivity index (χ3n) is 3.26. The van der Waals surface area contributed by atoms with E-state index < -0.39 is 0 Å². The van der Waals surface area contributed by atoms with Crippen molar-refractivity contribution in [2.45, 2.75) is 38.5 Å². The summed E-state index contributed by atoms with van der Waals surface area (Å²) in [6.07, 6.45) is 8.24. The van der Waals surface area contributed by atoms with E-state index in [9.17, 15) is 0 Å². The number of imidazole rings is 1. The Morgan fingerprint density at radius 1 is 1.44 bits per heavy atom. The topological polar surface area (TPSA) is 56.7 Å². The summed E-state index contributed by atoms with van der Waals surface area (Å²) < 4.78 is 2.19. The van der Waals surface area contributed by atoms with Crippen LogP contribution < -0.4 is 5.73 Å². The van der Waals surface area contributed by atoms with Gasteiger partial charge in [0.05, 0.1) is 11.8 Å². The van der Waals surface area contributed by atoms with Crippen LogP contribution in [-0.2, 0) is 6.54 Å². The van der Waals surface area contributed by atoms with Crippen molar-refractivity contribution >= 4 is 28.6 Å². The van der Waals surface area contributed by atoms with Gasteiger partial charge in [0.15, 0.2) is 5.82 Å². The van der Waals surface area contributed by atoms with Crippen molar-refractivity contribution in [2.24, 2.45) is 0 Å². The summed E-state index contributed by atoms with van der Waals surface area (Å²) in [5, 5.41) is 0.715. The second-order valence-corrected chi connectivity index (χ2v) is 5.93. The summed E-state index contributed by atoms with van der Waals surface area (Å²) in [5.74, 6) is 0.520. The maximum Gasteiger partial charge on any atom is 0.151 e. The molecule has 2 aromatic heterocycles. The van der Waals surface area contributed by atoms with E-state index >= 15 is 0 Å². The molecule has 2 heterocycles. The van der Waals surface area contributed by atoms with Crippen LogP contribution >= 0.6 is 11.8 Å². The minimum absolute atomic E-state index is 0.520. The number of aryl methyl sites for hydroxylation is 2. The van der Waals surface area contributed by atoms with Crippen LogP contribution in [0.15, 0.2) is 12.5 Å². The Labute approximate surface area is 112 Å². The Morgan fingerprint density at radius 2 is 2.22 bits per heavy atom. The van der Waals surface area contributed by atoms with Crippen molar-refractivity contribution in [1.29, 1.82) is 0 Å². The third kappa shape index (κ3) is 2.61. The highest BCUT2D eigenvalue weighted by Gasteiger charge is 2.09. The van der Waals surface area contributed by atoms with E-state index in [1.807, 2.05) is 24.3 Å². The molecule has 2 aromatic rings. The average molecular weight is 264 g/mol. The van der Waals surface area contributed by atoms with E-state index in [2.05, 4.69) is 34.6 Å². The predicted molar refractivity (Wildman–Crippen MR) is 78.9 cm³/mol. The fraction of sp³-hybridized carbons (Fsp3) is 0.538. The number of nitrogens with zero attached hydrogens (tertiary/aromatic N) is 3. The van der Waals surface area contributed by atoms with Crippen molar-refractivity contribution in [3.05, 3.63) is 18.1 Å². The fourth-order valence-electron chi connectivity index (χ4n) is 2.11. The molecule has 0 aliphatic carbocycles. The molecule has 0 saturated carbocycles. The Bertz CT molecular complexity index is 535. The lowest BCUT2D eigenvalue weighted by molar-refractivity contribution is 0.619. The molecule has 0 saturated heterocycles. The number of anilines is 1. The number of hydrogen-bond acceptors (Lipinski definition) is 4. The van der Waals surface area contributed by atoms with Gasteiger partial charge in [-0.2, -0.15) is 11.8 Å². The monoisotopic (exact) mass is 264 g/mol. The van der Waals surface area contributed by atoms with Gasteiger partial charge in [-0.3, -0.25) is 0 Å². The largest absolute Gasteiger partial charge is 0.382 e. The fourth-order valence-corrected chi connectivity index (χ4v) is 2.51. The number of fused-ring (bicyclic) bond motifs is 1. The first-order chi connectivity index (χ1) is 8.63. The minimum Gasteiger partial charge on any atom is -0.382 e. The second-order valence-electron chi connectivity index (χ2n) is 4.65. The van der Waals surface area contributed by atoms with Gasteiger partial charge >= 0.3 is 0 Å². The predicted octanol–water partition coefficient (Wildman–Crippen LogP) is 2.85. The van der Waals surface area contributed by atoms with Crippen LogP contribution in [-0.4, -0.2) is 26.0 Å². The summed E-state index contributed by atoms with van der Waals surface area (Å²) >= 11 is 1.92. The van der Waals surface area contributed by atoms with Gasteiger partial charge in [-0.05, 0) is 31.6 Å². The van der Waals surface area contributed by atoms with Crippen LogP contribution in [0, 0.1) is 6.92 Å². The molecule has 0 aromatic carbocycles. The molecule has 0 aliphatic rings. The molecule has 0 spiro atoms. The van der Waals surface area contributed by atoms with Gasteiger partial charge in [-0.15, -0.1) is 0 Å². The molecule has 0 amide bonds. The van der Waals surface area contributed by atoms with E-state index in [0.717, 1.165) is 29.6 Å². The van der Waals surface area contributed by atoms with E-state index in [-0.39, 0.29) is 0 Å². The van der Waals surface area contributed by atoms with Gasteiger partial charge in [0.25, 0.3) is 0 Å². The number of nitrogens with two attached hydrogens (primary N) is 1. The Morgan fingerprint density at radius 3 is 2.94 bits per heavy atom. The van der Waals surface area contributed by atoms with E-state index in [0.29, 0.717) is 11.1 Å². The quantitative estimate of drug-likeness (QED) is 0.902. The van der Waals surface area contributed by atoms with Crippen molar-refractivity contribution in [2.75, 3.05) is 12.0 Å². The number of hydrogen-bond donors (Lipinski definition) is 1. The molecule has 4 nitrogen and oxygen atoms in total. The molecule has 0 fully saturated rings. The maximum atomic E-state index is 5.85. The average Bonchev–Trinajstić information content (AvgIpc) is 2.79. The molecule has 1 atom stereocenters. The van der Waals surface area contributed by atoms with Crippen LogP contribution in [0.1, 0.15) is 25.3 Å². The van der Waals surface area contributed by atoms with E-state index in [1.54, 1.807) is 0 Å². The molecule has 98 valence electrons. The van der Waals surface area contributed by atoms with Gasteiger partial charge in [0.1, 0.15) is 5.52 Å². The molecule has 18 heavy (non-hydrogen) atoms. The highest BCUT2D eigenvalue weighted by atomic mass is 32.2. The molecule has 1 unspecified atom stereocenters. The van der Waals surface area contributed by atoms with Gasteiger partial charge < -0.3 is 10.3 Å². The van der Waals surface area contributed by atoms with Gasteiger partial charge in [0.2, 0.25) is 0 Å². The third-order valence-corrected chi connectivity index (χ3v) is 4.30. The molecule has 0 aliphatic heterocycles. The summed E-state index contributed by atoms with van der Waals surface area (Å²) in [6, 6.07) is 0. The molecular formula is C13H20N4S. The van der Waals surface area contributed by atoms with Crippen molar-refractivity contribution in [3.8, 4) is 0 Å². The smallest absolute Gasteiger partial charge is 0.151 e. The van der Waals surface area contributed by atoms with Crippen LogP contribution in [0.25, 0.3) is 11.0 Å². The normalized spacial score (nSPS) is 13.1. The first kappa shape index (κ1) is 13.2. The SMILES string of the molecule is CSC(C)CCCn1cnc2c(N)ncc(C)c21. The second kappa shape index (κ2) is 5.61. The number of rotatable bonds is 5. The van der Waals surface area contributed by atoms with Crippen molar-refractivity contribution in [1.82, 2.24) is 14.5 Å². The number of pyridine rings is 1. The van der Waals surface area contributed by atoms with Crippen molar-refractivity contribution in [3.63, 3.8) is 0 Å². The lowest BCUT2D eigenvalue weighted by Gasteiger charge is -2.09. The molecule has 2 rings (SSSR count). The lowest BCUT2D eigenvalue weighted by atomic mass is 10.2. The summed E-state index contributed by atoms with van der Waals surface area (Å²) in [4.78, 5) is 8.51. The van der Waals surface area contributed by atoms with Crippen LogP contribution in [0.2, 0.25) is 0 Å². The zero-order valence-electron chi connectivity index (χ0n) is 11.2. The molecule has 5 heteroatoms. The first-order valence-corrected chi connectivity index (χ1v) is 7.51. The molecule has 2 N–H and O–H groups in total. The highest BCUT2D eigenvalue weighted by Crippen LogP contribution is 2.22. The number of nitrogen functional groups attached to an aromatic ring is 1. The summed E-state index contributed by atoms with van der Waals surface area (Å²) in [6.45, 7) is 5.31. The van der Waals surface area contributed by atoms with Gasteiger partial charge in [0, 0.05) is 18.0 Å². The zero-order valence-corrected chi connectivity index (χ0v) is 12.0. The zero-order chi connectivity index (χ0) is 13.1. The van der Waals surface area contributed by atoms with Gasteiger partial charge in [-0.1, -0.05) is 6.92 Å². The minimum atomic E-state index is 0.520. The number of aromatic nitrogens is 3. The standard InChI is InChI=1S/C13H20N4S/c1-9-7-15-13(14)11-12(9)17(8-16-11)6-4-5-10(2)18-3/h7-8,10H,4-6H2,1-3H3,(H2,14,15). The highest BCUT2D eigenvalue weighted by molar-refractivity contribution is 7.99. The van der Waals surface area contributed by atoms with Crippen LogP contribution in [0.3, 0.4) is 0 Å². The maximum absolute atomic E-state index is 5.85. The lowest BCUT2D eigenvalue weighted by Crippen LogP contribution is -2.02. The Kier molecular flexibility index (Phi) is 4.11. The first-order valence-electron chi connectivity index (χ1n) is 6.22.